The van der Waals surface area contributed by atoms with E-state index < -0.39 is 0 Å². The Labute approximate surface area is 195 Å². The fraction of sp³-hybridized carbons (Fsp3) is 0.214. The summed E-state index contributed by atoms with van der Waals surface area (Å²) in [4.78, 5) is 7.13. The van der Waals surface area contributed by atoms with Crippen LogP contribution in [0.2, 0.25) is 0 Å². The monoisotopic (exact) mass is 436 g/mol. The molecular weight excluding hydrogens is 408 g/mol. The minimum atomic E-state index is 0.707. The number of benzene rings is 3. The molecule has 3 aromatic carbocycles. The van der Waals surface area contributed by atoms with Gasteiger partial charge < -0.3 is 9.32 Å². The number of para-hydroxylation sites is 1. The third kappa shape index (κ3) is 4.40. The summed E-state index contributed by atoms with van der Waals surface area (Å²) in [5.74, 6) is 1.60. The quantitative estimate of drug-likeness (QED) is 0.361. The van der Waals surface area contributed by atoms with Crippen LogP contribution >= 0.6 is 0 Å². The van der Waals surface area contributed by atoms with E-state index in [0.29, 0.717) is 6.42 Å². The lowest BCUT2D eigenvalue weighted by Crippen LogP contribution is -2.28. The van der Waals surface area contributed by atoms with Crippen LogP contribution < -0.4 is 5.01 Å². The number of oxazole rings is 1. The minimum Gasteiger partial charge on any atom is -0.440 e. The van der Waals surface area contributed by atoms with Gasteiger partial charge in [0, 0.05) is 24.1 Å². The van der Waals surface area contributed by atoms with Crippen molar-refractivity contribution in [3.05, 3.63) is 95.4 Å². The minimum absolute atomic E-state index is 0.707. The van der Waals surface area contributed by atoms with E-state index in [2.05, 4.69) is 67.2 Å². The SMILES string of the molecule is Cc1cc(C)c(-c2oc(CCN3C=NN(c4ccccc4)C3)nc2-c2ccccc2)c(C)c1. The molecular formula is C28H28N4O. The molecule has 0 aliphatic carbocycles. The number of hydrogen-bond donors (Lipinski definition) is 0. The van der Waals surface area contributed by atoms with Gasteiger partial charge in [0.25, 0.3) is 0 Å². The second-order valence-electron chi connectivity index (χ2n) is 8.59. The topological polar surface area (TPSA) is 44.9 Å². The molecule has 0 saturated heterocycles. The smallest absolute Gasteiger partial charge is 0.197 e. The predicted octanol–water partition coefficient (Wildman–Crippen LogP) is 6.20. The molecule has 2 heterocycles. The maximum Gasteiger partial charge on any atom is 0.197 e. The summed E-state index contributed by atoms with van der Waals surface area (Å²) in [6.07, 6.45) is 2.60. The lowest BCUT2D eigenvalue weighted by molar-refractivity contribution is 0.421. The molecule has 0 radical (unpaired) electrons. The van der Waals surface area contributed by atoms with Gasteiger partial charge in [-0.2, -0.15) is 5.10 Å². The van der Waals surface area contributed by atoms with Gasteiger partial charge >= 0.3 is 0 Å². The number of hydrazone groups is 1. The van der Waals surface area contributed by atoms with Crippen LogP contribution in [0, 0.1) is 20.8 Å². The van der Waals surface area contributed by atoms with Gasteiger partial charge in [0.2, 0.25) is 0 Å². The van der Waals surface area contributed by atoms with Gasteiger partial charge in [-0.3, -0.25) is 0 Å². The van der Waals surface area contributed by atoms with Crippen LogP contribution in [0.5, 0.6) is 0 Å². The first kappa shape index (κ1) is 21.0. The molecule has 1 aliphatic rings. The molecule has 5 rings (SSSR count). The second-order valence-corrected chi connectivity index (χ2v) is 8.59. The van der Waals surface area contributed by atoms with Crippen molar-refractivity contribution >= 4 is 12.0 Å². The van der Waals surface area contributed by atoms with Crippen LogP contribution in [-0.4, -0.2) is 29.4 Å². The summed E-state index contributed by atoms with van der Waals surface area (Å²) in [6.45, 7) is 7.92. The Bertz CT molecular complexity index is 1260. The van der Waals surface area contributed by atoms with Gasteiger partial charge in [0.05, 0.1) is 5.69 Å². The zero-order chi connectivity index (χ0) is 22.8. The van der Waals surface area contributed by atoms with Crippen LogP contribution in [-0.2, 0) is 6.42 Å². The molecule has 0 saturated carbocycles. The van der Waals surface area contributed by atoms with E-state index in [-0.39, 0.29) is 0 Å². The third-order valence-corrected chi connectivity index (χ3v) is 5.96. The van der Waals surface area contributed by atoms with Gasteiger partial charge in [-0.25, -0.2) is 9.99 Å². The van der Waals surface area contributed by atoms with E-state index in [0.717, 1.165) is 47.4 Å². The fourth-order valence-corrected chi connectivity index (χ4v) is 4.47. The van der Waals surface area contributed by atoms with Gasteiger partial charge in [0.15, 0.2) is 11.7 Å². The molecule has 4 aromatic rings. The van der Waals surface area contributed by atoms with Gasteiger partial charge in [-0.1, -0.05) is 66.2 Å². The highest BCUT2D eigenvalue weighted by molar-refractivity contribution is 5.80. The number of hydrogen-bond acceptors (Lipinski definition) is 5. The van der Waals surface area contributed by atoms with Crippen LogP contribution in [0.4, 0.5) is 5.69 Å². The van der Waals surface area contributed by atoms with Crippen LogP contribution in [0.1, 0.15) is 22.6 Å². The molecule has 0 N–H and O–H groups in total. The first-order chi connectivity index (χ1) is 16.1. The predicted molar refractivity (Wildman–Crippen MR) is 134 cm³/mol. The van der Waals surface area contributed by atoms with Crippen LogP contribution in [0.15, 0.2) is 82.3 Å². The Morgan fingerprint density at radius 2 is 1.55 bits per heavy atom. The Hall–Kier alpha value is -3.86. The molecule has 1 aliphatic heterocycles. The van der Waals surface area contributed by atoms with Crippen LogP contribution in [0.3, 0.4) is 0 Å². The van der Waals surface area contributed by atoms with E-state index in [9.17, 15) is 0 Å². The summed E-state index contributed by atoms with van der Waals surface area (Å²) in [5, 5.41) is 6.53. The molecule has 0 spiro atoms. The normalized spacial score (nSPS) is 13.2. The van der Waals surface area contributed by atoms with Crippen molar-refractivity contribution in [1.29, 1.82) is 0 Å². The molecule has 166 valence electrons. The zero-order valence-corrected chi connectivity index (χ0v) is 19.3. The first-order valence-corrected chi connectivity index (χ1v) is 11.3. The molecule has 0 atom stereocenters. The number of aromatic nitrogens is 1. The number of anilines is 1. The Morgan fingerprint density at radius 1 is 0.879 bits per heavy atom. The Morgan fingerprint density at radius 3 is 2.24 bits per heavy atom. The average molecular weight is 437 g/mol. The summed E-state index contributed by atoms with van der Waals surface area (Å²) < 4.78 is 6.43. The molecule has 5 heteroatoms. The molecule has 33 heavy (non-hydrogen) atoms. The summed E-state index contributed by atoms with van der Waals surface area (Å²) in [6, 6.07) is 24.9. The van der Waals surface area contributed by atoms with Crippen molar-refractivity contribution in [2.75, 3.05) is 18.2 Å². The highest BCUT2D eigenvalue weighted by Crippen LogP contribution is 2.37. The average Bonchev–Trinajstić information content (AvgIpc) is 3.46. The third-order valence-electron chi connectivity index (χ3n) is 5.96. The van der Waals surface area contributed by atoms with Crippen molar-refractivity contribution in [1.82, 2.24) is 9.88 Å². The van der Waals surface area contributed by atoms with Crippen molar-refractivity contribution in [2.24, 2.45) is 5.10 Å². The first-order valence-electron chi connectivity index (χ1n) is 11.3. The molecule has 0 bridgehead atoms. The maximum atomic E-state index is 6.43. The summed E-state index contributed by atoms with van der Waals surface area (Å²) >= 11 is 0. The Balaban J connectivity index is 1.40. The molecule has 1 aromatic heterocycles. The fourth-order valence-electron chi connectivity index (χ4n) is 4.47. The number of nitrogens with zero attached hydrogens (tertiary/aromatic N) is 4. The largest absolute Gasteiger partial charge is 0.440 e. The molecule has 0 fully saturated rings. The second kappa shape index (κ2) is 8.94. The standard InChI is InChI=1S/C28H28N4O/c1-20-16-21(2)26(22(3)17-20)28-27(23-10-6-4-7-11-23)30-25(33-28)14-15-31-18-29-32(19-31)24-12-8-5-9-13-24/h4-13,16-18H,14-15,19H2,1-3H3. The van der Waals surface area contributed by atoms with E-state index >= 15 is 0 Å². The summed E-state index contributed by atoms with van der Waals surface area (Å²) in [7, 11) is 0. The molecule has 0 amide bonds. The number of rotatable bonds is 6. The van der Waals surface area contributed by atoms with Crippen molar-refractivity contribution in [3.8, 4) is 22.6 Å². The summed E-state index contributed by atoms with van der Waals surface area (Å²) in [5.41, 5.74) is 7.87. The van der Waals surface area contributed by atoms with Gasteiger partial charge in [-0.15, -0.1) is 0 Å². The van der Waals surface area contributed by atoms with E-state index in [1.807, 2.05) is 47.7 Å². The Kier molecular flexibility index (Phi) is 5.69. The molecule has 5 nitrogen and oxygen atoms in total. The van der Waals surface area contributed by atoms with Crippen LogP contribution in [0.25, 0.3) is 22.6 Å². The van der Waals surface area contributed by atoms with Gasteiger partial charge in [0.1, 0.15) is 18.7 Å². The van der Waals surface area contributed by atoms with Gasteiger partial charge in [-0.05, 0) is 44.0 Å². The van der Waals surface area contributed by atoms with Crippen molar-refractivity contribution in [3.63, 3.8) is 0 Å². The molecule has 0 unspecified atom stereocenters. The maximum absolute atomic E-state index is 6.43. The zero-order valence-electron chi connectivity index (χ0n) is 19.3. The van der Waals surface area contributed by atoms with E-state index in [1.165, 1.54) is 16.7 Å². The van der Waals surface area contributed by atoms with E-state index in [1.54, 1.807) is 0 Å². The van der Waals surface area contributed by atoms with Crippen molar-refractivity contribution < 1.29 is 4.42 Å². The van der Waals surface area contributed by atoms with Crippen molar-refractivity contribution in [2.45, 2.75) is 27.2 Å². The highest BCUT2D eigenvalue weighted by Gasteiger charge is 2.21. The van der Waals surface area contributed by atoms with E-state index in [4.69, 9.17) is 9.40 Å². The highest BCUT2D eigenvalue weighted by atomic mass is 16.4. The lowest BCUT2D eigenvalue weighted by Gasteiger charge is -2.18. The number of aryl methyl sites for hydroxylation is 3. The lowest BCUT2D eigenvalue weighted by atomic mass is 9.95.